The molecule has 1 aromatic carbocycles. The van der Waals surface area contributed by atoms with Crippen molar-refractivity contribution in [2.75, 3.05) is 13.1 Å². The predicted molar refractivity (Wildman–Crippen MR) is 126 cm³/mol. The van der Waals surface area contributed by atoms with Gasteiger partial charge in [-0.15, -0.1) is 0 Å². The summed E-state index contributed by atoms with van der Waals surface area (Å²) in [6, 6.07) is 10.6. The highest BCUT2D eigenvalue weighted by Crippen LogP contribution is 2.47. The number of aliphatic hydroxyl groups excluding tert-OH is 2. The van der Waals surface area contributed by atoms with Gasteiger partial charge in [0.1, 0.15) is 18.8 Å². The minimum atomic E-state index is -0.693. The summed E-state index contributed by atoms with van der Waals surface area (Å²) in [6.07, 6.45) is 4.60. The van der Waals surface area contributed by atoms with Crippen LogP contribution in [0.5, 0.6) is 0 Å². The molecule has 2 N–H and O–H groups in total. The highest BCUT2D eigenvalue weighted by Gasteiger charge is 2.55. The Morgan fingerprint density at radius 1 is 1.03 bits per heavy atom. The van der Waals surface area contributed by atoms with Gasteiger partial charge in [0.25, 0.3) is 0 Å². The molecule has 182 valence electrons. The van der Waals surface area contributed by atoms with Crippen LogP contribution in [0.2, 0.25) is 0 Å². The Labute approximate surface area is 204 Å². The molecule has 4 aliphatic rings. The molecular weight excluding hydrogens is 444 g/mol. The Kier molecular flexibility index (Phi) is 5.61. The Bertz CT molecular complexity index is 1170. The molecule has 0 spiro atoms. The van der Waals surface area contributed by atoms with Crippen LogP contribution in [0.15, 0.2) is 30.5 Å². The van der Waals surface area contributed by atoms with Gasteiger partial charge in [0.2, 0.25) is 0 Å². The number of aliphatic hydroxyl groups is 2. The summed E-state index contributed by atoms with van der Waals surface area (Å²) in [5.74, 6) is -0.284. The smallest absolute Gasteiger partial charge is 0.338 e. The first-order chi connectivity index (χ1) is 17.0. The lowest BCUT2D eigenvalue weighted by molar-refractivity contribution is -0.0341. The number of esters is 1. The Morgan fingerprint density at radius 2 is 1.66 bits per heavy atom. The van der Waals surface area contributed by atoms with Crippen molar-refractivity contribution in [1.82, 2.24) is 14.8 Å². The summed E-state index contributed by atoms with van der Waals surface area (Å²) in [6.45, 7) is 3.36. The first-order valence-corrected chi connectivity index (χ1v) is 12.5. The molecule has 35 heavy (non-hydrogen) atoms. The second-order valence-corrected chi connectivity index (χ2v) is 10.3. The molecule has 0 saturated carbocycles. The van der Waals surface area contributed by atoms with E-state index in [1.54, 1.807) is 18.2 Å². The molecule has 2 aromatic rings. The molecule has 4 bridgehead atoms. The first kappa shape index (κ1) is 22.6. The molecule has 6 unspecified atom stereocenters. The van der Waals surface area contributed by atoms with Crippen LogP contribution in [0.3, 0.4) is 0 Å². The number of hydrogen-bond acceptors (Lipinski definition) is 8. The minimum absolute atomic E-state index is 0.283. The van der Waals surface area contributed by atoms with E-state index in [2.05, 4.69) is 20.9 Å². The Hall–Kier alpha value is -2.83. The number of piperazine rings is 1. The third-order valence-corrected chi connectivity index (χ3v) is 8.70. The van der Waals surface area contributed by atoms with Crippen LogP contribution in [0, 0.1) is 18.3 Å². The summed E-state index contributed by atoms with van der Waals surface area (Å²) in [7, 11) is 0. The number of cyclic esters (lactones) is 1. The van der Waals surface area contributed by atoms with E-state index in [1.807, 2.05) is 13.0 Å². The van der Waals surface area contributed by atoms with Crippen molar-refractivity contribution in [3.8, 4) is 6.07 Å². The number of ether oxygens (including phenoxy) is 1. The maximum absolute atomic E-state index is 11.9. The van der Waals surface area contributed by atoms with Crippen molar-refractivity contribution in [3.63, 3.8) is 0 Å². The van der Waals surface area contributed by atoms with Gasteiger partial charge in [0, 0.05) is 49.0 Å². The topological polar surface area (TPSA) is 110 Å². The summed E-state index contributed by atoms with van der Waals surface area (Å²) in [5.41, 5.74) is 4.42. The average molecular weight is 475 g/mol. The van der Waals surface area contributed by atoms with Crippen LogP contribution < -0.4 is 0 Å². The molecule has 5 heterocycles. The monoisotopic (exact) mass is 474 g/mol. The third-order valence-electron chi connectivity index (χ3n) is 8.70. The normalized spacial score (nSPS) is 29.0. The van der Waals surface area contributed by atoms with Gasteiger partial charge in [-0.2, -0.15) is 5.26 Å². The summed E-state index contributed by atoms with van der Waals surface area (Å²) >= 11 is 0. The molecule has 1 aromatic heterocycles. The molecule has 8 nitrogen and oxygen atoms in total. The molecule has 0 radical (unpaired) electrons. The number of nitrogens with zero attached hydrogens (tertiary/aromatic N) is 4. The van der Waals surface area contributed by atoms with Gasteiger partial charge < -0.3 is 14.9 Å². The number of carbonyl (C=O) groups excluding carboxylic acids is 1. The van der Waals surface area contributed by atoms with Gasteiger partial charge in [-0.3, -0.25) is 14.8 Å². The molecule has 3 fully saturated rings. The maximum Gasteiger partial charge on any atom is 0.338 e. The number of pyridine rings is 1. The van der Waals surface area contributed by atoms with E-state index in [9.17, 15) is 15.0 Å². The van der Waals surface area contributed by atoms with Crippen LogP contribution in [-0.2, 0) is 11.3 Å². The second kappa shape index (κ2) is 8.68. The van der Waals surface area contributed by atoms with Gasteiger partial charge in [0.15, 0.2) is 0 Å². The standard InChI is InChI=1S/C27H30N4O4/c1-15-17(3-4-18-19(15)14-35-27(18)34)25(32)12-30-21-6-7-22(30)24-9-8-23(21)31(24)13-26(33)20-5-2-16(10-28)11-29-20/h2-5,11,21-26,32-33H,6-9,12-14H2,1H3. The molecule has 8 heteroatoms. The van der Waals surface area contributed by atoms with Gasteiger partial charge in [0.05, 0.1) is 22.9 Å². The number of rotatable bonds is 6. The van der Waals surface area contributed by atoms with Crippen molar-refractivity contribution in [2.45, 2.75) is 75.6 Å². The van der Waals surface area contributed by atoms with Crippen molar-refractivity contribution >= 4 is 5.97 Å². The lowest BCUT2D eigenvalue weighted by Gasteiger charge is -2.48. The zero-order valence-corrected chi connectivity index (χ0v) is 19.8. The van der Waals surface area contributed by atoms with Gasteiger partial charge in [-0.1, -0.05) is 6.07 Å². The minimum Gasteiger partial charge on any atom is -0.457 e. The summed E-state index contributed by atoms with van der Waals surface area (Å²) in [5, 5.41) is 31.2. The fourth-order valence-corrected chi connectivity index (χ4v) is 7.02. The quantitative estimate of drug-likeness (QED) is 0.614. The number of benzene rings is 1. The SMILES string of the molecule is Cc1c(C(O)CN2C3CCC2C2CCC3N2CC(O)c2ccc(C#N)cn2)ccc2c1COC2=O. The molecule has 3 saturated heterocycles. The summed E-state index contributed by atoms with van der Waals surface area (Å²) < 4.78 is 5.18. The van der Waals surface area contributed by atoms with E-state index >= 15 is 0 Å². The van der Waals surface area contributed by atoms with Crippen molar-refractivity contribution in [3.05, 3.63) is 64.0 Å². The molecule has 0 aliphatic carbocycles. The van der Waals surface area contributed by atoms with Crippen molar-refractivity contribution < 1.29 is 19.7 Å². The van der Waals surface area contributed by atoms with E-state index in [1.165, 1.54) is 6.20 Å². The van der Waals surface area contributed by atoms with E-state index in [0.717, 1.165) is 42.4 Å². The van der Waals surface area contributed by atoms with Crippen LogP contribution >= 0.6 is 0 Å². The van der Waals surface area contributed by atoms with Gasteiger partial charge >= 0.3 is 5.97 Å². The number of hydrogen-bond donors (Lipinski definition) is 2. The van der Waals surface area contributed by atoms with Gasteiger partial charge in [-0.05, 0) is 61.9 Å². The zero-order valence-electron chi connectivity index (χ0n) is 19.8. The van der Waals surface area contributed by atoms with Crippen LogP contribution in [0.25, 0.3) is 0 Å². The summed E-state index contributed by atoms with van der Waals surface area (Å²) in [4.78, 5) is 21.2. The lowest BCUT2D eigenvalue weighted by atomic mass is 9.94. The highest BCUT2D eigenvalue weighted by molar-refractivity contribution is 5.93. The van der Waals surface area contributed by atoms with Crippen LogP contribution in [0.1, 0.15) is 76.2 Å². The van der Waals surface area contributed by atoms with Crippen LogP contribution in [-0.4, -0.2) is 68.2 Å². The van der Waals surface area contributed by atoms with Crippen molar-refractivity contribution in [1.29, 1.82) is 5.26 Å². The van der Waals surface area contributed by atoms with Crippen molar-refractivity contribution in [2.24, 2.45) is 0 Å². The number of aromatic nitrogens is 1. The first-order valence-electron chi connectivity index (χ1n) is 12.5. The van der Waals surface area contributed by atoms with E-state index < -0.39 is 12.2 Å². The molecule has 4 aliphatic heterocycles. The van der Waals surface area contributed by atoms with E-state index in [4.69, 9.17) is 10.00 Å². The molecular formula is C27H30N4O4. The fraction of sp³-hybridized carbons (Fsp3) is 0.519. The second-order valence-electron chi connectivity index (χ2n) is 10.3. The highest BCUT2D eigenvalue weighted by atomic mass is 16.5. The molecule has 0 amide bonds. The van der Waals surface area contributed by atoms with Crippen LogP contribution in [0.4, 0.5) is 0 Å². The van der Waals surface area contributed by atoms with E-state index in [0.29, 0.717) is 54.1 Å². The lowest BCUT2D eigenvalue weighted by Crippen LogP contribution is -2.61. The molecule has 6 atom stereocenters. The average Bonchev–Trinajstić information content (AvgIpc) is 3.50. The van der Waals surface area contributed by atoms with E-state index in [-0.39, 0.29) is 12.6 Å². The number of nitriles is 1. The number of carbonyl (C=O) groups is 1. The Balaban J connectivity index is 1.17. The third kappa shape index (κ3) is 3.66. The van der Waals surface area contributed by atoms with Gasteiger partial charge in [-0.25, -0.2) is 4.79 Å². The molecule has 6 rings (SSSR count). The zero-order chi connectivity index (χ0) is 24.3. The maximum atomic E-state index is 11.9. The number of fused-ring (bicyclic) bond motifs is 7. The fourth-order valence-electron chi connectivity index (χ4n) is 7.02. The largest absolute Gasteiger partial charge is 0.457 e. The predicted octanol–water partition coefficient (Wildman–Crippen LogP) is 2.38. The Morgan fingerprint density at radius 3 is 2.23 bits per heavy atom.